The lowest BCUT2D eigenvalue weighted by Gasteiger charge is -2.14. The standard InChI is InChI=1S/C8H15NO2S/c1-11-3-2-9-5-7(6-12)4-8(9)10/h7,12H,2-6H2,1H3. The normalized spacial score (nSPS) is 23.7. The zero-order chi connectivity index (χ0) is 8.97. The van der Waals surface area contributed by atoms with E-state index in [9.17, 15) is 4.79 Å². The maximum absolute atomic E-state index is 11.3. The second-order valence-corrected chi connectivity index (χ2v) is 3.45. The van der Waals surface area contributed by atoms with Crippen LogP contribution in [0.4, 0.5) is 0 Å². The number of amides is 1. The lowest BCUT2D eigenvalue weighted by Crippen LogP contribution is -2.28. The molecule has 1 rings (SSSR count). The van der Waals surface area contributed by atoms with Crippen LogP contribution in [0.25, 0.3) is 0 Å². The molecule has 1 fully saturated rings. The zero-order valence-corrected chi connectivity index (χ0v) is 8.22. The zero-order valence-electron chi connectivity index (χ0n) is 7.32. The van der Waals surface area contributed by atoms with Gasteiger partial charge in [0, 0.05) is 26.6 Å². The molecule has 1 saturated heterocycles. The fourth-order valence-electron chi connectivity index (χ4n) is 1.39. The molecule has 1 unspecified atom stereocenters. The second-order valence-electron chi connectivity index (χ2n) is 3.09. The smallest absolute Gasteiger partial charge is 0.223 e. The van der Waals surface area contributed by atoms with Gasteiger partial charge in [0.1, 0.15) is 0 Å². The van der Waals surface area contributed by atoms with E-state index in [0.717, 1.165) is 18.8 Å². The second kappa shape index (κ2) is 4.72. The summed E-state index contributed by atoms with van der Waals surface area (Å²) in [6, 6.07) is 0. The third-order valence-electron chi connectivity index (χ3n) is 2.12. The van der Waals surface area contributed by atoms with Gasteiger partial charge in [-0.1, -0.05) is 0 Å². The first-order valence-electron chi connectivity index (χ1n) is 4.15. The first-order valence-corrected chi connectivity index (χ1v) is 4.78. The van der Waals surface area contributed by atoms with Crippen molar-refractivity contribution in [3.8, 4) is 0 Å². The number of hydrogen-bond acceptors (Lipinski definition) is 3. The summed E-state index contributed by atoms with van der Waals surface area (Å²) in [5.74, 6) is 1.48. The molecule has 12 heavy (non-hydrogen) atoms. The summed E-state index contributed by atoms with van der Waals surface area (Å²) in [6.07, 6.45) is 0.660. The Hall–Kier alpha value is -0.220. The molecule has 0 saturated carbocycles. The van der Waals surface area contributed by atoms with Crippen LogP contribution in [0.15, 0.2) is 0 Å². The Balaban J connectivity index is 2.31. The highest BCUT2D eigenvalue weighted by atomic mass is 32.1. The van der Waals surface area contributed by atoms with Gasteiger partial charge in [-0.05, 0) is 11.7 Å². The van der Waals surface area contributed by atoms with Gasteiger partial charge in [0.25, 0.3) is 0 Å². The fraction of sp³-hybridized carbons (Fsp3) is 0.875. The van der Waals surface area contributed by atoms with E-state index in [0.29, 0.717) is 18.9 Å². The van der Waals surface area contributed by atoms with E-state index < -0.39 is 0 Å². The summed E-state index contributed by atoms with van der Waals surface area (Å²) in [4.78, 5) is 13.1. The molecule has 0 aromatic heterocycles. The molecule has 4 heteroatoms. The predicted molar refractivity (Wildman–Crippen MR) is 50.4 cm³/mol. The van der Waals surface area contributed by atoms with Crippen molar-refractivity contribution in [2.24, 2.45) is 5.92 Å². The molecule has 0 aromatic carbocycles. The highest BCUT2D eigenvalue weighted by Gasteiger charge is 2.27. The fourth-order valence-corrected chi connectivity index (χ4v) is 1.64. The summed E-state index contributed by atoms with van der Waals surface area (Å²) in [5.41, 5.74) is 0. The van der Waals surface area contributed by atoms with Gasteiger partial charge in [-0.25, -0.2) is 0 Å². The molecule has 0 spiro atoms. The van der Waals surface area contributed by atoms with E-state index >= 15 is 0 Å². The molecule has 0 aromatic rings. The molecular formula is C8H15NO2S. The molecule has 1 atom stereocenters. The van der Waals surface area contributed by atoms with Gasteiger partial charge in [0.15, 0.2) is 0 Å². The van der Waals surface area contributed by atoms with E-state index in [2.05, 4.69) is 12.6 Å². The van der Waals surface area contributed by atoms with Crippen LogP contribution < -0.4 is 0 Å². The summed E-state index contributed by atoms with van der Waals surface area (Å²) in [5, 5.41) is 0. The van der Waals surface area contributed by atoms with Gasteiger partial charge < -0.3 is 9.64 Å². The Morgan fingerprint density at radius 3 is 3.00 bits per heavy atom. The number of hydrogen-bond donors (Lipinski definition) is 1. The van der Waals surface area contributed by atoms with E-state index in [1.54, 1.807) is 7.11 Å². The summed E-state index contributed by atoms with van der Waals surface area (Å²) in [7, 11) is 1.65. The first kappa shape index (κ1) is 9.86. The number of methoxy groups -OCH3 is 1. The quantitative estimate of drug-likeness (QED) is 0.649. The van der Waals surface area contributed by atoms with E-state index in [-0.39, 0.29) is 5.91 Å². The number of carbonyl (C=O) groups excluding carboxylic acids is 1. The number of thiol groups is 1. The molecule has 0 aliphatic carbocycles. The molecule has 3 nitrogen and oxygen atoms in total. The Labute approximate surface area is 78.5 Å². The molecule has 1 heterocycles. The lowest BCUT2D eigenvalue weighted by atomic mass is 10.1. The lowest BCUT2D eigenvalue weighted by molar-refractivity contribution is -0.128. The van der Waals surface area contributed by atoms with Crippen molar-refractivity contribution >= 4 is 18.5 Å². The molecule has 1 aliphatic rings. The summed E-state index contributed by atoms with van der Waals surface area (Å²) in [6.45, 7) is 2.20. The topological polar surface area (TPSA) is 29.5 Å². The Morgan fingerprint density at radius 2 is 2.50 bits per heavy atom. The van der Waals surface area contributed by atoms with E-state index in [1.807, 2.05) is 4.90 Å². The monoisotopic (exact) mass is 189 g/mol. The highest BCUT2D eigenvalue weighted by Crippen LogP contribution is 2.17. The predicted octanol–water partition coefficient (Wildman–Crippen LogP) is 0.411. The van der Waals surface area contributed by atoms with Crippen LogP contribution in [0.1, 0.15) is 6.42 Å². The number of rotatable bonds is 4. The van der Waals surface area contributed by atoms with Gasteiger partial charge in [-0.2, -0.15) is 12.6 Å². The molecule has 70 valence electrons. The van der Waals surface area contributed by atoms with E-state index in [4.69, 9.17) is 4.74 Å². The highest BCUT2D eigenvalue weighted by molar-refractivity contribution is 7.80. The maximum atomic E-state index is 11.3. The van der Waals surface area contributed by atoms with Crippen LogP contribution >= 0.6 is 12.6 Å². The first-order chi connectivity index (χ1) is 5.77. The molecule has 1 amide bonds. The van der Waals surface area contributed by atoms with Gasteiger partial charge in [0.2, 0.25) is 5.91 Å². The minimum atomic E-state index is 0.242. The molecular weight excluding hydrogens is 174 g/mol. The van der Waals surface area contributed by atoms with Crippen LogP contribution in [0.5, 0.6) is 0 Å². The number of carbonyl (C=O) groups is 1. The van der Waals surface area contributed by atoms with Crippen molar-refractivity contribution in [3.63, 3.8) is 0 Å². The Kier molecular flexibility index (Phi) is 3.88. The van der Waals surface area contributed by atoms with Crippen LogP contribution in [0.2, 0.25) is 0 Å². The van der Waals surface area contributed by atoms with Crippen molar-refractivity contribution in [2.45, 2.75) is 6.42 Å². The average molecular weight is 189 g/mol. The minimum Gasteiger partial charge on any atom is -0.383 e. The van der Waals surface area contributed by atoms with Crippen LogP contribution in [0.3, 0.4) is 0 Å². The molecule has 1 aliphatic heterocycles. The number of likely N-dealkylation sites (tertiary alicyclic amines) is 1. The average Bonchev–Trinajstić information content (AvgIpc) is 2.43. The van der Waals surface area contributed by atoms with E-state index in [1.165, 1.54) is 0 Å². The minimum absolute atomic E-state index is 0.242. The van der Waals surface area contributed by atoms with Crippen molar-refractivity contribution in [2.75, 3.05) is 32.6 Å². The van der Waals surface area contributed by atoms with Gasteiger partial charge in [0.05, 0.1) is 6.61 Å². The summed E-state index contributed by atoms with van der Waals surface area (Å²) < 4.78 is 4.91. The van der Waals surface area contributed by atoms with Crippen molar-refractivity contribution in [3.05, 3.63) is 0 Å². The maximum Gasteiger partial charge on any atom is 0.223 e. The molecule has 0 radical (unpaired) electrons. The third kappa shape index (κ3) is 2.38. The van der Waals surface area contributed by atoms with Gasteiger partial charge in [-0.15, -0.1) is 0 Å². The SMILES string of the molecule is COCCN1CC(CS)CC1=O. The van der Waals surface area contributed by atoms with Crippen LogP contribution in [0, 0.1) is 5.92 Å². The summed E-state index contributed by atoms with van der Waals surface area (Å²) >= 11 is 4.18. The van der Waals surface area contributed by atoms with Gasteiger partial charge >= 0.3 is 0 Å². The molecule has 0 bridgehead atoms. The number of nitrogens with zero attached hydrogens (tertiary/aromatic N) is 1. The number of ether oxygens (including phenoxy) is 1. The van der Waals surface area contributed by atoms with Crippen molar-refractivity contribution < 1.29 is 9.53 Å². The van der Waals surface area contributed by atoms with Crippen LogP contribution in [-0.2, 0) is 9.53 Å². The van der Waals surface area contributed by atoms with Crippen molar-refractivity contribution in [1.29, 1.82) is 0 Å². The molecule has 0 N–H and O–H groups in total. The third-order valence-corrected chi connectivity index (χ3v) is 2.63. The van der Waals surface area contributed by atoms with Gasteiger partial charge in [-0.3, -0.25) is 4.79 Å². The van der Waals surface area contributed by atoms with Crippen LogP contribution in [-0.4, -0.2) is 43.4 Å². The Morgan fingerprint density at radius 1 is 1.75 bits per heavy atom. The largest absolute Gasteiger partial charge is 0.383 e. The van der Waals surface area contributed by atoms with Crippen molar-refractivity contribution in [1.82, 2.24) is 4.90 Å². The Bertz CT molecular complexity index is 163.